The van der Waals surface area contributed by atoms with Crippen molar-refractivity contribution < 1.29 is 13.6 Å². The summed E-state index contributed by atoms with van der Waals surface area (Å²) in [6.07, 6.45) is 1.51. The van der Waals surface area contributed by atoms with Crippen LogP contribution in [0.1, 0.15) is 15.9 Å². The van der Waals surface area contributed by atoms with Gasteiger partial charge in [0.15, 0.2) is 5.76 Å². The Labute approximate surface area is 171 Å². The number of nitrogens with zero attached hydrogens (tertiary/aromatic N) is 3. The zero-order valence-corrected chi connectivity index (χ0v) is 16.0. The van der Waals surface area contributed by atoms with Crippen LogP contribution in [0, 0.1) is 6.92 Å². The summed E-state index contributed by atoms with van der Waals surface area (Å²) in [5.74, 6) is 0.273. The quantitative estimate of drug-likeness (QED) is 0.454. The molecule has 0 aliphatic heterocycles. The molecule has 2 aromatic carbocycles. The highest BCUT2D eigenvalue weighted by molar-refractivity contribution is 6.13. The van der Waals surface area contributed by atoms with E-state index >= 15 is 0 Å². The normalized spacial score (nSPS) is 11.0. The first-order valence-electron chi connectivity index (χ1n) is 9.34. The topological polar surface area (TPSA) is 94.1 Å². The second-order valence-corrected chi connectivity index (χ2v) is 6.69. The average Bonchev–Trinajstić information content (AvgIpc) is 3.46. The molecule has 1 amide bonds. The Morgan fingerprint density at radius 2 is 1.73 bits per heavy atom. The number of hydrogen-bond acceptors (Lipinski definition) is 6. The molecular weight excluding hydrogens is 380 g/mol. The second-order valence-electron chi connectivity index (χ2n) is 6.69. The van der Waals surface area contributed by atoms with Gasteiger partial charge in [-0.1, -0.05) is 53.6 Å². The number of anilines is 1. The fourth-order valence-corrected chi connectivity index (χ4v) is 3.41. The van der Waals surface area contributed by atoms with Crippen molar-refractivity contribution in [2.75, 3.05) is 5.32 Å². The lowest BCUT2D eigenvalue weighted by Crippen LogP contribution is -2.15. The first-order chi connectivity index (χ1) is 14.7. The zero-order valence-electron chi connectivity index (χ0n) is 16.0. The van der Waals surface area contributed by atoms with E-state index in [-0.39, 0.29) is 17.8 Å². The molecule has 7 heteroatoms. The van der Waals surface area contributed by atoms with E-state index < -0.39 is 0 Å². The Morgan fingerprint density at radius 1 is 0.933 bits per heavy atom. The highest BCUT2D eigenvalue weighted by Crippen LogP contribution is 2.30. The molecule has 0 saturated heterocycles. The van der Waals surface area contributed by atoms with Crippen molar-refractivity contribution in [3.8, 4) is 22.9 Å². The van der Waals surface area contributed by atoms with Crippen molar-refractivity contribution >= 4 is 22.8 Å². The molecule has 3 aromatic heterocycles. The lowest BCUT2D eigenvalue weighted by molar-refractivity contribution is 0.102. The maximum atomic E-state index is 13.2. The predicted molar refractivity (Wildman–Crippen MR) is 112 cm³/mol. The number of aromatic nitrogens is 3. The number of hydrogen-bond donors (Lipinski definition) is 1. The number of pyridine rings is 1. The molecule has 0 aliphatic carbocycles. The maximum absolute atomic E-state index is 13.2. The van der Waals surface area contributed by atoms with Gasteiger partial charge in [-0.3, -0.25) is 10.1 Å². The number of para-hydroxylation sites is 1. The standard InChI is InChI=1S/C23H16N4O3/c1-14-19(21(28)25-23-27-26-22(30-23)18-12-7-13-29-18)16-10-5-6-11-17(16)24-20(14)15-8-3-2-4-9-15/h2-13H,1H3,(H,25,27,28). The van der Waals surface area contributed by atoms with Crippen LogP contribution < -0.4 is 5.32 Å². The first kappa shape index (κ1) is 17.8. The summed E-state index contributed by atoms with van der Waals surface area (Å²) < 4.78 is 10.8. The number of benzene rings is 2. The van der Waals surface area contributed by atoms with Gasteiger partial charge in [0.1, 0.15) is 0 Å². The molecule has 1 N–H and O–H groups in total. The van der Waals surface area contributed by atoms with E-state index in [1.54, 1.807) is 12.1 Å². The Balaban J connectivity index is 1.57. The number of rotatable bonds is 4. The van der Waals surface area contributed by atoms with E-state index in [1.807, 2.05) is 61.5 Å². The predicted octanol–water partition coefficient (Wildman–Crippen LogP) is 5.11. The highest BCUT2D eigenvalue weighted by Gasteiger charge is 2.21. The number of amides is 1. The van der Waals surface area contributed by atoms with E-state index in [4.69, 9.17) is 13.8 Å². The van der Waals surface area contributed by atoms with E-state index in [2.05, 4.69) is 15.5 Å². The third-order valence-corrected chi connectivity index (χ3v) is 4.79. The van der Waals surface area contributed by atoms with Gasteiger partial charge in [-0.15, -0.1) is 5.10 Å². The van der Waals surface area contributed by atoms with Gasteiger partial charge in [-0.2, -0.15) is 0 Å². The van der Waals surface area contributed by atoms with E-state index in [0.717, 1.165) is 27.7 Å². The molecule has 0 aliphatic rings. The van der Waals surface area contributed by atoms with Crippen molar-refractivity contribution in [2.24, 2.45) is 0 Å². The molecule has 0 bridgehead atoms. The van der Waals surface area contributed by atoms with Crippen molar-refractivity contribution in [3.63, 3.8) is 0 Å². The van der Waals surface area contributed by atoms with E-state index in [1.165, 1.54) is 6.26 Å². The van der Waals surface area contributed by atoms with Gasteiger partial charge in [-0.05, 0) is 30.7 Å². The molecule has 3 heterocycles. The number of nitrogens with one attached hydrogen (secondary N) is 1. The van der Waals surface area contributed by atoms with Crippen LogP contribution in [-0.2, 0) is 0 Å². The van der Waals surface area contributed by atoms with Gasteiger partial charge in [0.25, 0.3) is 11.8 Å². The smallest absolute Gasteiger partial charge is 0.322 e. The lowest BCUT2D eigenvalue weighted by atomic mass is 9.97. The molecule has 0 saturated carbocycles. The van der Waals surface area contributed by atoms with Gasteiger partial charge >= 0.3 is 6.01 Å². The summed E-state index contributed by atoms with van der Waals surface area (Å²) in [7, 11) is 0. The molecule has 0 atom stereocenters. The van der Waals surface area contributed by atoms with Crippen LogP contribution in [0.15, 0.2) is 81.8 Å². The van der Waals surface area contributed by atoms with Crippen LogP contribution in [-0.4, -0.2) is 21.1 Å². The fourth-order valence-electron chi connectivity index (χ4n) is 3.41. The summed E-state index contributed by atoms with van der Waals surface area (Å²) in [6.45, 7) is 1.89. The van der Waals surface area contributed by atoms with Crippen LogP contribution in [0.2, 0.25) is 0 Å². The van der Waals surface area contributed by atoms with Crippen LogP contribution in [0.3, 0.4) is 0 Å². The van der Waals surface area contributed by atoms with Crippen LogP contribution in [0.4, 0.5) is 6.01 Å². The van der Waals surface area contributed by atoms with Crippen LogP contribution in [0.5, 0.6) is 0 Å². The van der Waals surface area contributed by atoms with Gasteiger partial charge < -0.3 is 8.83 Å². The Morgan fingerprint density at radius 3 is 2.53 bits per heavy atom. The van der Waals surface area contributed by atoms with Crippen LogP contribution in [0.25, 0.3) is 33.8 Å². The van der Waals surface area contributed by atoms with Crippen molar-refractivity contribution in [3.05, 3.63) is 84.1 Å². The number of carbonyl (C=O) groups excluding carboxylic acids is 1. The third kappa shape index (κ3) is 3.12. The largest absolute Gasteiger partial charge is 0.459 e. The molecule has 7 nitrogen and oxygen atoms in total. The fraction of sp³-hybridized carbons (Fsp3) is 0.0435. The molecule has 30 heavy (non-hydrogen) atoms. The molecule has 146 valence electrons. The minimum Gasteiger partial charge on any atom is -0.459 e. The second kappa shape index (κ2) is 7.29. The number of furan rings is 1. The van der Waals surface area contributed by atoms with Crippen molar-refractivity contribution in [1.29, 1.82) is 0 Å². The SMILES string of the molecule is Cc1c(-c2ccccc2)nc2ccccc2c1C(=O)Nc1nnc(-c2ccco2)o1. The summed E-state index contributed by atoms with van der Waals surface area (Å²) in [5.41, 5.74) is 3.70. The molecular formula is C23H16N4O3. The molecule has 0 radical (unpaired) electrons. The zero-order chi connectivity index (χ0) is 20.5. The highest BCUT2D eigenvalue weighted by atomic mass is 16.4. The number of carbonyl (C=O) groups is 1. The first-order valence-corrected chi connectivity index (χ1v) is 9.34. The summed E-state index contributed by atoms with van der Waals surface area (Å²) >= 11 is 0. The Kier molecular flexibility index (Phi) is 4.33. The molecule has 5 aromatic rings. The van der Waals surface area contributed by atoms with Crippen molar-refractivity contribution in [1.82, 2.24) is 15.2 Å². The summed E-state index contributed by atoms with van der Waals surface area (Å²) in [4.78, 5) is 18.0. The maximum Gasteiger partial charge on any atom is 0.322 e. The van der Waals surface area contributed by atoms with Gasteiger partial charge in [0.05, 0.1) is 23.0 Å². The molecule has 5 rings (SSSR count). The van der Waals surface area contributed by atoms with Gasteiger partial charge in [0, 0.05) is 10.9 Å². The van der Waals surface area contributed by atoms with Crippen LogP contribution >= 0.6 is 0 Å². The minimum absolute atomic E-state index is 0.00652. The molecule has 0 spiro atoms. The van der Waals surface area contributed by atoms with E-state index in [0.29, 0.717) is 11.3 Å². The summed E-state index contributed by atoms with van der Waals surface area (Å²) in [5, 5.41) is 11.3. The van der Waals surface area contributed by atoms with Gasteiger partial charge in [-0.25, -0.2) is 4.98 Å². The average molecular weight is 396 g/mol. The molecule has 0 fully saturated rings. The monoisotopic (exact) mass is 396 g/mol. The van der Waals surface area contributed by atoms with Gasteiger partial charge in [0.2, 0.25) is 0 Å². The Hall–Kier alpha value is -4.26. The number of fused-ring (bicyclic) bond motifs is 1. The lowest BCUT2D eigenvalue weighted by Gasteiger charge is -2.13. The van der Waals surface area contributed by atoms with E-state index in [9.17, 15) is 4.79 Å². The Bertz CT molecular complexity index is 1340. The summed E-state index contributed by atoms with van der Waals surface area (Å²) in [6, 6.07) is 20.7. The molecule has 0 unspecified atom stereocenters. The van der Waals surface area contributed by atoms with Crippen molar-refractivity contribution in [2.45, 2.75) is 6.92 Å². The minimum atomic E-state index is -0.349. The third-order valence-electron chi connectivity index (χ3n) is 4.79.